The highest BCUT2D eigenvalue weighted by molar-refractivity contribution is 5.99. The number of nitrogens with zero attached hydrogens (tertiary/aromatic N) is 3. The van der Waals surface area contributed by atoms with Crippen LogP contribution in [0.1, 0.15) is 34.5 Å². The first-order valence-electron chi connectivity index (χ1n) is 10.2. The van der Waals surface area contributed by atoms with Crippen LogP contribution >= 0.6 is 0 Å². The van der Waals surface area contributed by atoms with Crippen molar-refractivity contribution < 1.29 is 14.3 Å². The minimum atomic E-state index is -0.227. The zero-order valence-corrected chi connectivity index (χ0v) is 17.4. The second-order valence-corrected chi connectivity index (χ2v) is 7.21. The van der Waals surface area contributed by atoms with Crippen molar-refractivity contribution in [3.63, 3.8) is 0 Å². The summed E-state index contributed by atoms with van der Waals surface area (Å²) in [6, 6.07) is 11.2. The number of hydrogen-bond donors (Lipinski definition) is 1. The van der Waals surface area contributed by atoms with Crippen LogP contribution in [0.4, 0.5) is 0 Å². The van der Waals surface area contributed by atoms with E-state index in [9.17, 15) is 4.79 Å². The van der Waals surface area contributed by atoms with Gasteiger partial charge >= 0.3 is 0 Å². The Morgan fingerprint density at radius 3 is 2.53 bits per heavy atom. The maximum Gasteiger partial charge on any atom is 0.258 e. The van der Waals surface area contributed by atoms with Gasteiger partial charge in [-0.1, -0.05) is 12.1 Å². The topological polar surface area (TPSA) is 78.3 Å². The molecule has 2 heterocycles. The lowest BCUT2D eigenvalue weighted by Crippen LogP contribution is -2.29. The SMILES string of the molecule is COc1cccc(OC)c1C(=O)NCCn1nc(-c2ccccn2)c2c1CCCC2. The highest BCUT2D eigenvalue weighted by Gasteiger charge is 2.23. The van der Waals surface area contributed by atoms with Crippen molar-refractivity contribution >= 4 is 5.91 Å². The molecule has 0 unspecified atom stereocenters. The summed E-state index contributed by atoms with van der Waals surface area (Å²) >= 11 is 0. The molecule has 30 heavy (non-hydrogen) atoms. The number of fused-ring (bicyclic) bond motifs is 1. The molecule has 0 fully saturated rings. The standard InChI is InChI=1S/C23H26N4O3/c1-29-19-11-7-12-20(30-2)21(19)23(28)25-14-15-27-18-10-4-3-8-16(18)22(26-27)17-9-5-6-13-24-17/h5-7,9,11-13H,3-4,8,10,14-15H2,1-2H3,(H,25,28). The number of carbonyl (C=O) groups is 1. The van der Waals surface area contributed by atoms with E-state index >= 15 is 0 Å². The number of rotatable bonds is 7. The molecule has 0 aliphatic heterocycles. The third kappa shape index (κ3) is 3.87. The molecule has 3 aromatic rings. The molecule has 1 N–H and O–H groups in total. The maximum atomic E-state index is 12.8. The summed E-state index contributed by atoms with van der Waals surface area (Å²) in [5, 5.41) is 7.83. The zero-order valence-electron chi connectivity index (χ0n) is 17.4. The molecule has 0 radical (unpaired) electrons. The Kier molecular flexibility index (Phi) is 5.97. The van der Waals surface area contributed by atoms with E-state index in [1.807, 2.05) is 22.9 Å². The second kappa shape index (κ2) is 8.98. The lowest BCUT2D eigenvalue weighted by molar-refractivity contribution is 0.0945. The van der Waals surface area contributed by atoms with Gasteiger partial charge in [0.05, 0.1) is 26.5 Å². The molecule has 7 nitrogen and oxygen atoms in total. The van der Waals surface area contributed by atoms with Crippen LogP contribution in [0.2, 0.25) is 0 Å². The summed E-state index contributed by atoms with van der Waals surface area (Å²) in [6.45, 7) is 1.05. The zero-order chi connectivity index (χ0) is 20.9. The molecule has 0 bridgehead atoms. The van der Waals surface area contributed by atoms with Crippen LogP contribution in [0.5, 0.6) is 11.5 Å². The largest absolute Gasteiger partial charge is 0.496 e. The van der Waals surface area contributed by atoms with E-state index in [-0.39, 0.29) is 5.91 Å². The first-order valence-corrected chi connectivity index (χ1v) is 10.2. The molecular formula is C23H26N4O3. The molecule has 0 spiro atoms. The van der Waals surface area contributed by atoms with Gasteiger partial charge in [0.2, 0.25) is 0 Å². The third-order valence-electron chi connectivity index (χ3n) is 5.43. The molecule has 7 heteroatoms. The van der Waals surface area contributed by atoms with Crippen LogP contribution in [-0.4, -0.2) is 41.4 Å². The van der Waals surface area contributed by atoms with Crippen LogP contribution in [0.25, 0.3) is 11.4 Å². The third-order valence-corrected chi connectivity index (χ3v) is 5.43. The van der Waals surface area contributed by atoms with Gasteiger partial charge in [-0.25, -0.2) is 0 Å². The second-order valence-electron chi connectivity index (χ2n) is 7.21. The summed E-state index contributed by atoms with van der Waals surface area (Å²) < 4.78 is 12.7. The molecule has 1 aliphatic rings. The normalized spacial score (nSPS) is 12.9. The van der Waals surface area contributed by atoms with Gasteiger partial charge in [0, 0.05) is 24.0 Å². The molecule has 0 saturated heterocycles. The van der Waals surface area contributed by atoms with Crippen LogP contribution in [-0.2, 0) is 19.4 Å². The fourth-order valence-electron chi connectivity index (χ4n) is 4.00. The van der Waals surface area contributed by atoms with E-state index in [0.29, 0.717) is 30.2 Å². The Bertz CT molecular complexity index is 1010. The predicted molar refractivity (Wildman–Crippen MR) is 114 cm³/mol. The highest BCUT2D eigenvalue weighted by atomic mass is 16.5. The number of hydrogen-bond acceptors (Lipinski definition) is 5. The summed E-state index contributed by atoms with van der Waals surface area (Å²) in [5.41, 5.74) is 4.81. The van der Waals surface area contributed by atoms with Crippen LogP contribution in [0.15, 0.2) is 42.6 Å². The fraction of sp³-hybridized carbons (Fsp3) is 0.348. The van der Waals surface area contributed by atoms with Gasteiger partial charge in [0.25, 0.3) is 5.91 Å². The van der Waals surface area contributed by atoms with E-state index in [4.69, 9.17) is 14.6 Å². The number of nitrogens with one attached hydrogen (secondary N) is 1. The fourth-order valence-corrected chi connectivity index (χ4v) is 4.00. The van der Waals surface area contributed by atoms with Gasteiger partial charge < -0.3 is 14.8 Å². The van der Waals surface area contributed by atoms with E-state index in [1.165, 1.54) is 17.7 Å². The molecule has 4 rings (SSSR count). The monoisotopic (exact) mass is 406 g/mol. The minimum Gasteiger partial charge on any atom is -0.496 e. The predicted octanol–water partition coefficient (Wildman–Crippen LogP) is 3.27. The molecule has 1 aromatic carbocycles. The Morgan fingerprint density at radius 2 is 1.83 bits per heavy atom. The molecular weight excluding hydrogens is 380 g/mol. The van der Waals surface area contributed by atoms with E-state index in [0.717, 1.165) is 30.7 Å². The van der Waals surface area contributed by atoms with E-state index < -0.39 is 0 Å². The molecule has 156 valence electrons. The first kappa shape index (κ1) is 19.9. The van der Waals surface area contributed by atoms with Gasteiger partial charge in [-0.3, -0.25) is 14.5 Å². The van der Waals surface area contributed by atoms with Gasteiger partial charge in [0.15, 0.2) is 0 Å². The van der Waals surface area contributed by atoms with Gasteiger partial charge in [0.1, 0.15) is 22.8 Å². The average Bonchev–Trinajstić information content (AvgIpc) is 3.17. The molecule has 0 saturated carbocycles. The van der Waals surface area contributed by atoms with Crippen LogP contribution < -0.4 is 14.8 Å². The Morgan fingerprint density at radius 1 is 1.07 bits per heavy atom. The van der Waals surface area contributed by atoms with Crippen LogP contribution in [0, 0.1) is 0 Å². The van der Waals surface area contributed by atoms with E-state index in [1.54, 1.807) is 38.6 Å². The Balaban J connectivity index is 1.51. The summed E-state index contributed by atoms with van der Waals surface area (Å²) in [5.74, 6) is 0.747. The van der Waals surface area contributed by atoms with Crippen molar-refractivity contribution in [2.45, 2.75) is 32.2 Å². The van der Waals surface area contributed by atoms with Crippen molar-refractivity contribution in [3.8, 4) is 22.9 Å². The van der Waals surface area contributed by atoms with Crippen molar-refractivity contribution in [1.82, 2.24) is 20.1 Å². The van der Waals surface area contributed by atoms with Crippen molar-refractivity contribution in [2.24, 2.45) is 0 Å². The Hall–Kier alpha value is -3.35. The average molecular weight is 406 g/mol. The quantitative estimate of drug-likeness (QED) is 0.652. The number of carbonyl (C=O) groups excluding carboxylic acids is 1. The van der Waals surface area contributed by atoms with E-state index in [2.05, 4.69) is 10.3 Å². The lowest BCUT2D eigenvalue weighted by atomic mass is 9.95. The number of methoxy groups -OCH3 is 2. The molecule has 1 amide bonds. The first-order chi connectivity index (χ1) is 14.7. The molecule has 2 aromatic heterocycles. The summed E-state index contributed by atoms with van der Waals surface area (Å²) in [7, 11) is 3.08. The summed E-state index contributed by atoms with van der Waals surface area (Å²) in [4.78, 5) is 17.3. The van der Waals surface area contributed by atoms with Gasteiger partial charge in [-0.2, -0.15) is 5.10 Å². The Labute approximate surface area is 176 Å². The number of amides is 1. The minimum absolute atomic E-state index is 0.227. The van der Waals surface area contributed by atoms with Gasteiger partial charge in [-0.05, 0) is 49.9 Å². The van der Waals surface area contributed by atoms with Crippen LogP contribution in [0.3, 0.4) is 0 Å². The maximum absolute atomic E-state index is 12.8. The number of benzene rings is 1. The van der Waals surface area contributed by atoms with Crippen molar-refractivity contribution in [3.05, 3.63) is 59.4 Å². The lowest BCUT2D eigenvalue weighted by Gasteiger charge is -2.15. The molecule has 1 aliphatic carbocycles. The smallest absolute Gasteiger partial charge is 0.258 e. The van der Waals surface area contributed by atoms with Crippen molar-refractivity contribution in [2.75, 3.05) is 20.8 Å². The number of pyridine rings is 1. The molecule has 0 atom stereocenters. The summed E-state index contributed by atoms with van der Waals surface area (Å²) in [6.07, 6.45) is 6.15. The van der Waals surface area contributed by atoms with Gasteiger partial charge in [-0.15, -0.1) is 0 Å². The number of aromatic nitrogens is 3. The number of ether oxygens (including phenoxy) is 2. The van der Waals surface area contributed by atoms with Crippen molar-refractivity contribution in [1.29, 1.82) is 0 Å². The highest BCUT2D eigenvalue weighted by Crippen LogP contribution is 2.30.